The van der Waals surface area contributed by atoms with Crippen molar-refractivity contribution in [1.82, 2.24) is 0 Å². The molecule has 0 amide bonds. The Morgan fingerprint density at radius 1 is 1.17 bits per heavy atom. The average Bonchev–Trinajstić information content (AvgIpc) is 2.39. The largest absolute Gasteiger partial charge is 0.457 e. The van der Waals surface area contributed by atoms with E-state index in [1.165, 1.54) is 18.2 Å². The van der Waals surface area contributed by atoms with E-state index in [2.05, 4.69) is 6.07 Å². The highest BCUT2D eigenvalue weighted by Gasteiger charge is 2.12. The maximum Gasteiger partial charge on any atom is 0.338 e. The van der Waals surface area contributed by atoms with Crippen molar-refractivity contribution in [2.75, 3.05) is 0 Å². The summed E-state index contributed by atoms with van der Waals surface area (Å²) in [6, 6.07) is 12.4. The molecule has 0 N–H and O–H groups in total. The summed E-state index contributed by atoms with van der Waals surface area (Å²) >= 11 is 0. The van der Waals surface area contributed by atoms with Crippen LogP contribution in [0.5, 0.6) is 0 Å². The third-order valence-electron chi connectivity index (χ3n) is 2.35. The van der Waals surface area contributed by atoms with E-state index in [9.17, 15) is 13.6 Å². The minimum Gasteiger partial charge on any atom is -0.457 e. The maximum atomic E-state index is 13.3. The first-order valence-electron chi connectivity index (χ1n) is 5.24. The molecule has 4 heteroatoms. The van der Waals surface area contributed by atoms with E-state index in [1.807, 2.05) is 0 Å². The smallest absolute Gasteiger partial charge is 0.338 e. The van der Waals surface area contributed by atoms with Gasteiger partial charge in [0.25, 0.3) is 0 Å². The molecule has 0 bridgehead atoms. The van der Waals surface area contributed by atoms with Gasteiger partial charge in [-0.25, -0.2) is 13.6 Å². The van der Waals surface area contributed by atoms with Gasteiger partial charge in [-0.05, 0) is 30.3 Å². The molecule has 2 aromatic carbocycles. The quantitative estimate of drug-likeness (QED) is 0.779. The first kappa shape index (κ1) is 12.2. The summed E-state index contributed by atoms with van der Waals surface area (Å²) < 4.78 is 31.4. The Kier molecular flexibility index (Phi) is 3.67. The predicted octanol–water partition coefficient (Wildman–Crippen LogP) is 3.12. The summed E-state index contributed by atoms with van der Waals surface area (Å²) in [5.41, 5.74) is 0.0278. The number of ether oxygens (including phenoxy) is 1. The normalized spacial score (nSPS) is 10.1. The van der Waals surface area contributed by atoms with Gasteiger partial charge in [0.15, 0.2) is 0 Å². The summed E-state index contributed by atoms with van der Waals surface area (Å²) in [7, 11) is 0. The van der Waals surface area contributed by atoms with Crippen LogP contribution in [0, 0.1) is 17.7 Å². The SMILES string of the molecule is O=C(OCc1c(F)cccc1F)c1c[c]ccc1. The van der Waals surface area contributed by atoms with Gasteiger partial charge in [-0.2, -0.15) is 0 Å². The van der Waals surface area contributed by atoms with E-state index in [0.29, 0.717) is 0 Å². The lowest BCUT2D eigenvalue weighted by Crippen LogP contribution is -2.07. The van der Waals surface area contributed by atoms with Crippen LogP contribution in [0.15, 0.2) is 42.5 Å². The van der Waals surface area contributed by atoms with Crippen LogP contribution in [0.3, 0.4) is 0 Å². The Labute approximate surface area is 103 Å². The Morgan fingerprint density at radius 2 is 1.89 bits per heavy atom. The van der Waals surface area contributed by atoms with Gasteiger partial charge in [-0.3, -0.25) is 0 Å². The second-order valence-corrected chi connectivity index (χ2v) is 3.57. The third-order valence-corrected chi connectivity index (χ3v) is 2.35. The molecular formula is C14H9F2O2. The van der Waals surface area contributed by atoms with Gasteiger partial charge in [-0.15, -0.1) is 0 Å². The molecule has 0 fully saturated rings. The van der Waals surface area contributed by atoms with Gasteiger partial charge in [0, 0.05) is 0 Å². The van der Waals surface area contributed by atoms with Crippen molar-refractivity contribution in [3.8, 4) is 0 Å². The minimum absolute atomic E-state index is 0.259. The zero-order chi connectivity index (χ0) is 13.0. The van der Waals surface area contributed by atoms with Crippen molar-refractivity contribution in [3.05, 3.63) is 71.3 Å². The fraction of sp³-hybridized carbons (Fsp3) is 0.0714. The number of carbonyl (C=O) groups excluding carboxylic acids is 1. The molecule has 0 atom stereocenters. The van der Waals surface area contributed by atoms with Gasteiger partial charge in [0.05, 0.1) is 11.1 Å². The van der Waals surface area contributed by atoms with Crippen LogP contribution in [-0.2, 0) is 11.3 Å². The number of benzene rings is 2. The standard InChI is InChI=1S/C14H9F2O2/c15-12-7-4-8-13(16)11(12)9-18-14(17)10-5-2-1-3-6-10/h1-2,4-8H,9H2. The van der Waals surface area contributed by atoms with Crippen molar-refractivity contribution >= 4 is 5.97 Å². The highest BCUT2D eigenvalue weighted by Crippen LogP contribution is 2.14. The van der Waals surface area contributed by atoms with E-state index in [1.54, 1.807) is 12.1 Å². The number of hydrogen-bond donors (Lipinski definition) is 0. The molecule has 0 saturated heterocycles. The Balaban J connectivity index is 2.07. The zero-order valence-electron chi connectivity index (χ0n) is 9.32. The zero-order valence-corrected chi connectivity index (χ0v) is 9.32. The molecular weight excluding hydrogens is 238 g/mol. The lowest BCUT2D eigenvalue weighted by molar-refractivity contribution is 0.0465. The van der Waals surface area contributed by atoms with E-state index in [-0.39, 0.29) is 11.1 Å². The average molecular weight is 247 g/mol. The number of halogens is 2. The third kappa shape index (κ3) is 2.71. The van der Waals surface area contributed by atoms with Crippen LogP contribution in [0.4, 0.5) is 8.78 Å². The molecule has 0 aliphatic carbocycles. The number of rotatable bonds is 3. The lowest BCUT2D eigenvalue weighted by Gasteiger charge is -2.06. The summed E-state index contributed by atoms with van der Waals surface area (Å²) in [6.45, 7) is -0.438. The molecule has 0 aliphatic heterocycles. The molecule has 0 aliphatic rings. The van der Waals surface area contributed by atoms with E-state index >= 15 is 0 Å². The molecule has 1 radical (unpaired) electrons. The topological polar surface area (TPSA) is 26.3 Å². The second-order valence-electron chi connectivity index (χ2n) is 3.57. The Morgan fingerprint density at radius 3 is 2.50 bits per heavy atom. The van der Waals surface area contributed by atoms with Gasteiger partial charge in [0.2, 0.25) is 0 Å². The molecule has 0 aromatic heterocycles. The van der Waals surface area contributed by atoms with Crippen LogP contribution >= 0.6 is 0 Å². The summed E-state index contributed by atoms with van der Waals surface area (Å²) in [5.74, 6) is -2.11. The molecule has 2 rings (SSSR count). The van der Waals surface area contributed by atoms with Gasteiger partial charge in [-0.1, -0.05) is 18.2 Å². The second kappa shape index (κ2) is 5.40. The predicted molar refractivity (Wildman–Crippen MR) is 60.8 cm³/mol. The van der Waals surface area contributed by atoms with Crippen molar-refractivity contribution in [3.63, 3.8) is 0 Å². The first-order valence-corrected chi connectivity index (χ1v) is 5.24. The Hall–Kier alpha value is -2.23. The molecule has 2 aromatic rings. The molecule has 18 heavy (non-hydrogen) atoms. The van der Waals surface area contributed by atoms with Crippen molar-refractivity contribution < 1.29 is 18.3 Å². The summed E-state index contributed by atoms with van der Waals surface area (Å²) in [6.07, 6.45) is 0. The van der Waals surface area contributed by atoms with E-state index in [4.69, 9.17) is 4.74 Å². The fourth-order valence-corrected chi connectivity index (χ4v) is 1.41. The van der Waals surface area contributed by atoms with E-state index in [0.717, 1.165) is 12.1 Å². The van der Waals surface area contributed by atoms with Crippen LogP contribution in [0.2, 0.25) is 0 Å². The minimum atomic E-state index is -0.734. The molecule has 0 saturated carbocycles. The Bertz CT molecular complexity index is 533. The monoisotopic (exact) mass is 247 g/mol. The first-order chi connectivity index (χ1) is 8.68. The number of hydrogen-bond acceptors (Lipinski definition) is 2. The van der Waals surface area contributed by atoms with Crippen molar-refractivity contribution in [2.45, 2.75) is 6.61 Å². The van der Waals surface area contributed by atoms with Crippen LogP contribution in [0.1, 0.15) is 15.9 Å². The fourth-order valence-electron chi connectivity index (χ4n) is 1.41. The van der Waals surface area contributed by atoms with Gasteiger partial charge >= 0.3 is 5.97 Å². The van der Waals surface area contributed by atoms with Crippen molar-refractivity contribution in [1.29, 1.82) is 0 Å². The maximum absolute atomic E-state index is 13.3. The van der Waals surface area contributed by atoms with Gasteiger partial charge in [0.1, 0.15) is 18.2 Å². The lowest BCUT2D eigenvalue weighted by atomic mass is 10.2. The number of esters is 1. The molecule has 0 unspecified atom stereocenters. The van der Waals surface area contributed by atoms with Crippen LogP contribution < -0.4 is 0 Å². The molecule has 2 nitrogen and oxygen atoms in total. The molecule has 0 heterocycles. The van der Waals surface area contributed by atoms with E-state index < -0.39 is 24.2 Å². The highest BCUT2D eigenvalue weighted by molar-refractivity contribution is 5.89. The van der Waals surface area contributed by atoms with Gasteiger partial charge < -0.3 is 4.74 Å². The van der Waals surface area contributed by atoms with Crippen LogP contribution in [0.25, 0.3) is 0 Å². The summed E-state index contributed by atoms with van der Waals surface area (Å²) in [4.78, 5) is 11.6. The summed E-state index contributed by atoms with van der Waals surface area (Å²) in [5, 5.41) is 0. The number of carbonyl (C=O) groups is 1. The van der Waals surface area contributed by atoms with Crippen molar-refractivity contribution in [2.24, 2.45) is 0 Å². The highest BCUT2D eigenvalue weighted by atomic mass is 19.1. The molecule has 0 spiro atoms. The van der Waals surface area contributed by atoms with Crippen LogP contribution in [-0.4, -0.2) is 5.97 Å². The molecule has 91 valence electrons.